The fraction of sp³-hybridized carbons (Fsp3) is 0. The molecule has 0 saturated carbocycles. The molecule has 0 aliphatic heterocycles. The van der Waals surface area contributed by atoms with E-state index in [4.69, 9.17) is 19.4 Å². The van der Waals surface area contributed by atoms with Gasteiger partial charge in [-0.25, -0.2) is 19.9 Å². The minimum atomic E-state index is 0.560. The molecule has 0 atom stereocenters. The predicted molar refractivity (Wildman–Crippen MR) is 174 cm³/mol. The Morgan fingerprint density at radius 1 is 0.442 bits per heavy atom. The minimum absolute atomic E-state index is 0.560. The highest BCUT2D eigenvalue weighted by atomic mass is 16.3. The first-order chi connectivity index (χ1) is 21.3. The van der Waals surface area contributed by atoms with Crippen molar-refractivity contribution in [2.45, 2.75) is 0 Å². The third-order valence-corrected chi connectivity index (χ3v) is 8.18. The molecule has 43 heavy (non-hydrogen) atoms. The third kappa shape index (κ3) is 3.72. The van der Waals surface area contributed by atoms with E-state index in [1.807, 2.05) is 60.7 Å². The Morgan fingerprint density at radius 3 is 1.95 bits per heavy atom. The summed E-state index contributed by atoms with van der Waals surface area (Å²) in [5.74, 6) is 1.81. The molecule has 0 radical (unpaired) electrons. The Bertz CT molecular complexity index is 2520. The minimum Gasteiger partial charge on any atom is -0.438 e. The summed E-state index contributed by atoms with van der Waals surface area (Å²) in [6.45, 7) is 0. The normalized spacial score (nSPS) is 11.7. The molecule has 0 unspecified atom stereocenters. The Balaban J connectivity index is 1.38. The van der Waals surface area contributed by atoms with Crippen LogP contribution in [0.1, 0.15) is 0 Å². The van der Waals surface area contributed by atoms with Gasteiger partial charge < -0.3 is 4.42 Å². The molecule has 200 valence electrons. The second-order valence-electron chi connectivity index (χ2n) is 10.7. The van der Waals surface area contributed by atoms with Gasteiger partial charge in [0.1, 0.15) is 5.58 Å². The molecule has 0 bridgehead atoms. The zero-order chi connectivity index (χ0) is 28.3. The number of pyridine rings is 1. The fourth-order valence-corrected chi connectivity index (χ4v) is 6.23. The highest BCUT2D eigenvalue weighted by Gasteiger charge is 2.20. The van der Waals surface area contributed by atoms with Gasteiger partial charge in [0.25, 0.3) is 0 Å². The van der Waals surface area contributed by atoms with Gasteiger partial charge in [0, 0.05) is 28.3 Å². The fourth-order valence-electron chi connectivity index (χ4n) is 6.23. The van der Waals surface area contributed by atoms with Crippen LogP contribution in [0.4, 0.5) is 0 Å². The van der Waals surface area contributed by atoms with E-state index < -0.39 is 0 Å². The number of para-hydroxylation sites is 1. The van der Waals surface area contributed by atoms with Crippen molar-refractivity contribution in [1.82, 2.24) is 19.9 Å². The summed E-state index contributed by atoms with van der Waals surface area (Å²) < 4.78 is 6.10. The molecule has 0 saturated heterocycles. The summed E-state index contributed by atoms with van der Waals surface area (Å²) in [5.41, 5.74) is 4.08. The number of hydrogen-bond donors (Lipinski definition) is 0. The van der Waals surface area contributed by atoms with Gasteiger partial charge in [-0.15, -0.1) is 0 Å². The van der Waals surface area contributed by atoms with Crippen LogP contribution < -0.4 is 0 Å². The van der Waals surface area contributed by atoms with Crippen LogP contribution in [0.3, 0.4) is 0 Å². The van der Waals surface area contributed by atoms with Crippen LogP contribution in [0.2, 0.25) is 0 Å². The molecule has 0 N–H and O–H groups in total. The van der Waals surface area contributed by atoms with E-state index in [2.05, 4.69) is 71.7 Å². The number of fused-ring (bicyclic) bond motifs is 8. The van der Waals surface area contributed by atoms with Crippen LogP contribution in [0.15, 0.2) is 138 Å². The quantitative estimate of drug-likeness (QED) is 0.205. The Morgan fingerprint density at radius 2 is 1.09 bits per heavy atom. The monoisotopic (exact) mass is 550 g/mol. The van der Waals surface area contributed by atoms with E-state index in [1.165, 1.54) is 21.5 Å². The lowest BCUT2D eigenvalue weighted by molar-refractivity contribution is 0.654. The van der Waals surface area contributed by atoms with E-state index >= 15 is 0 Å². The number of rotatable bonds is 3. The summed E-state index contributed by atoms with van der Waals surface area (Å²) >= 11 is 0. The SMILES string of the molecule is c1ccc(-c2nc(-c3cc4ccc5ccccc5c4c4ccccc34)nc(-c3ccnc4oc5ccccc5c34)n2)cc1. The lowest BCUT2D eigenvalue weighted by Gasteiger charge is -2.14. The maximum Gasteiger partial charge on any atom is 0.228 e. The second kappa shape index (κ2) is 9.29. The Kier molecular flexibility index (Phi) is 5.13. The molecule has 0 amide bonds. The molecule has 0 fully saturated rings. The van der Waals surface area contributed by atoms with Crippen molar-refractivity contribution in [2.24, 2.45) is 0 Å². The van der Waals surface area contributed by atoms with E-state index in [-0.39, 0.29) is 0 Å². The molecule has 6 aromatic carbocycles. The van der Waals surface area contributed by atoms with E-state index in [9.17, 15) is 0 Å². The number of furan rings is 1. The Labute approximate surface area is 246 Å². The van der Waals surface area contributed by atoms with Gasteiger partial charge >= 0.3 is 0 Å². The van der Waals surface area contributed by atoms with Gasteiger partial charge in [-0.3, -0.25) is 0 Å². The average molecular weight is 551 g/mol. The zero-order valence-electron chi connectivity index (χ0n) is 22.9. The first kappa shape index (κ1) is 23.7. The summed E-state index contributed by atoms with van der Waals surface area (Å²) in [4.78, 5) is 19.8. The lowest BCUT2D eigenvalue weighted by Crippen LogP contribution is -2.01. The summed E-state index contributed by atoms with van der Waals surface area (Å²) in [7, 11) is 0. The standard InChI is InChI=1S/C38H22N4O/c1-2-11-24(12-3-1)35-40-36(30-20-21-39-38-34(30)29-16-8-9-17-32(29)43-38)42-37(41-35)31-22-25-19-18-23-10-4-5-13-26(23)33(25)28-15-7-6-14-27(28)31/h1-22H. The molecule has 5 nitrogen and oxygen atoms in total. The molecule has 0 aliphatic rings. The smallest absolute Gasteiger partial charge is 0.228 e. The first-order valence-corrected chi connectivity index (χ1v) is 14.2. The van der Waals surface area contributed by atoms with E-state index in [0.717, 1.165) is 43.8 Å². The number of hydrogen-bond acceptors (Lipinski definition) is 5. The van der Waals surface area contributed by atoms with Crippen molar-refractivity contribution in [3.05, 3.63) is 134 Å². The van der Waals surface area contributed by atoms with Crippen molar-refractivity contribution < 1.29 is 4.42 Å². The van der Waals surface area contributed by atoms with Gasteiger partial charge in [0.15, 0.2) is 17.5 Å². The molecule has 0 aliphatic carbocycles. The van der Waals surface area contributed by atoms with E-state index in [0.29, 0.717) is 23.2 Å². The van der Waals surface area contributed by atoms with Crippen molar-refractivity contribution >= 4 is 54.4 Å². The number of benzene rings is 6. The maximum atomic E-state index is 6.10. The van der Waals surface area contributed by atoms with Crippen LogP contribution in [-0.4, -0.2) is 19.9 Å². The molecule has 0 spiro atoms. The van der Waals surface area contributed by atoms with Gasteiger partial charge in [-0.2, -0.15) is 0 Å². The van der Waals surface area contributed by atoms with E-state index in [1.54, 1.807) is 6.20 Å². The van der Waals surface area contributed by atoms with Crippen molar-refractivity contribution in [1.29, 1.82) is 0 Å². The average Bonchev–Trinajstić information content (AvgIpc) is 3.47. The van der Waals surface area contributed by atoms with Gasteiger partial charge in [-0.1, -0.05) is 109 Å². The van der Waals surface area contributed by atoms with Crippen LogP contribution in [-0.2, 0) is 0 Å². The lowest BCUT2D eigenvalue weighted by atomic mass is 9.93. The molecule has 9 rings (SSSR count). The molecular weight excluding hydrogens is 528 g/mol. The summed E-state index contributed by atoms with van der Waals surface area (Å²) in [5, 5.41) is 8.96. The highest BCUT2D eigenvalue weighted by molar-refractivity contribution is 6.23. The topological polar surface area (TPSA) is 64.7 Å². The largest absolute Gasteiger partial charge is 0.438 e. The highest BCUT2D eigenvalue weighted by Crippen LogP contribution is 2.39. The van der Waals surface area contributed by atoms with Crippen LogP contribution in [0.5, 0.6) is 0 Å². The predicted octanol–water partition coefficient (Wildman–Crippen LogP) is 9.63. The first-order valence-electron chi connectivity index (χ1n) is 14.2. The zero-order valence-corrected chi connectivity index (χ0v) is 22.9. The molecule has 3 aromatic heterocycles. The van der Waals surface area contributed by atoms with Crippen molar-refractivity contribution in [3.8, 4) is 34.2 Å². The molecule has 9 aromatic rings. The van der Waals surface area contributed by atoms with Gasteiger partial charge in [-0.05, 0) is 50.5 Å². The van der Waals surface area contributed by atoms with Gasteiger partial charge in [0.05, 0.1) is 5.39 Å². The summed E-state index contributed by atoms with van der Waals surface area (Å²) in [6.07, 6.45) is 1.75. The van der Waals surface area contributed by atoms with Gasteiger partial charge in [0.2, 0.25) is 5.71 Å². The molecular formula is C38H22N4O. The Hall–Kier alpha value is -5.94. The number of aromatic nitrogens is 4. The second-order valence-corrected chi connectivity index (χ2v) is 10.7. The molecule has 3 heterocycles. The molecule has 5 heteroatoms. The third-order valence-electron chi connectivity index (χ3n) is 8.18. The van der Waals surface area contributed by atoms with Crippen LogP contribution in [0, 0.1) is 0 Å². The van der Waals surface area contributed by atoms with Crippen LogP contribution >= 0.6 is 0 Å². The van der Waals surface area contributed by atoms with Crippen LogP contribution in [0.25, 0.3) is 88.5 Å². The maximum absolute atomic E-state index is 6.10. The van der Waals surface area contributed by atoms with Crippen molar-refractivity contribution in [3.63, 3.8) is 0 Å². The number of nitrogens with zero attached hydrogens (tertiary/aromatic N) is 4. The van der Waals surface area contributed by atoms with Crippen molar-refractivity contribution in [2.75, 3.05) is 0 Å². The summed E-state index contributed by atoms with van der Waals surface area (Å²) in [6, 6.07) is 43.7.